The first kappa shape index (κ1) is 10.3. The molecule has 0 amide bonds. The molecular weight excluding hydrogens is 164 g/mol. The van der Waals surface area contributed by atoms with Crippen LogP contribution in [0.3, 0.4) is 0 Å². The summed E-state index contributed by atoms with van der Waals surface area (Å²) in [4.78, 5) is 10.6. The van der Waals surface area contributed by atoms with Crippen LogP contribution in [0.2, 0.25) is 0 Å². The van der Waals surface area contributed by atoms with E-state index in [1.54, 1.807) is 0 Å². The number of carboxylic acid groups (broad SMARTS) is 1. The molecule has 1 fully saturated rings. The number of hydrogen-bond donors (Lipinski definition) is 1. The van der Waals surface area contributed by atoms with Gasteiger partial charge in [0.1, 0.15) is 0 Å². The molecule has 2 heteroatoms. The molecule has 13 heavy (non-hydrogen) atoms. The molecule has 0 aliphatic heterocycles. The van der Waals surface area contributed by atoms with E-state index in [1.807, 2.05) is 0 Å². The van der Waals surface area contributed by atoms with Gasteiger partial charge in [0, 0.05) is 5.57 Å². The average Bonchev–Trinajstić information content (AvgIpc) is 2.04. The molecule has 74 valence electrons. The third kappa shape index (κ3) is 2.87. The zero-order valence-electron chi connectivity index (χ0n) is 8.31. The molecule has 0 atom stereocenters. The Balaban J connectivity index is 2.50. The van der Waals surface area contributed by atoms with Crippen molar-refractivity contribution in [3.63, 3.8) is 0 Å². The molecule has 0 aromatic rings. The maximum absolute atomic E-state index is 10.6. The average molecular weight is 182 g/mol. The third-order valence-electron chi connectivity index (χ3n) is 3.00. The normalized spacial score (nSPS) is 21.0. The van der Waals surface area contributed by atoms with Crippen LogP contribution in [0.4, 0.5) is 0 Å². The lowest BCUT2D eigenvalue weighted by molar-refractivity contribution is -0.133. The molecule has 1 aliphatic rings. The van der Waals surface area contributed by atoms with E-state index < -0.39 is 5.97 Å². The number of aliphatic carboxylic acids is 1. The Hall–Kier alpha value is -0.790. The first-order valence-corrected chi connectivity index (χ1v) is 4.95. The molecule has 0 aromatic heterocycles. The van der Waals surface area contributed by atoms with Crippen LogP contribution < -0.4 is 0 Å². The quantitative estimate of drug-likeness (QED) is 0.681. The number of carboxylic acids is 1. The van der Waals surface area contributed by atoms with Gasteiger partial charge in [0.15, 0.2) is 0 Å². The van der Waals surface area contributed by atoms with Crippen LogP contribution in [0, 0.1) is 5.41 Å². The van der Waals surface area contributed by atoms with E-state index in [9.17, 15) is 4.79 Å². The van der Waals surface area contributed by atoms with E-state index in [0.717, 1.165) is 12.8 Å². The van der Waals surface area contributed by atoms with Crippen molar-refractivity contribution in [1.29, 1.82) is 0 Å². The molecule has 1 saturated carbocycles. The Morgan fingerprint density at radius 2 is 1.92 bits per heavy atom. The lowest BCUT2D eigenvalue weighted by Crippen LogP contribution is -2.22. The van der Waals surface area contributed by atoms with Crippen LogP contribution in [-0.2, 0) is 4.79 Å². The first-order valence-electron chi connectivity index (χ1n) is 4.95. The van der Waals surface area contributed by atoms with Gasteiger partial charge >= 0.3 is 5.97 Å². The molecule has 0 bridgehead atoms. The summed E-state index contributed by atoms with van der Waals surface area (Å²) in [5.74, 6) is -0.841. The van der Waals surface area contributed by atoms with Gasteiger partial charge in [-0.15, -0.1) is 0 Å². The minimum absolute atomic E-state index is 0.202. The van der Waals surface area contributed by atoms with Crippen molar-refractivity contribution >= 4 is 5.97 Å². The van der Waals surface area contributed by atoms with Gasteiger partial charge in [0.2, 0.25) is 0 Å². The highest BCUT2D eigenvalue weighted by molar-refractivity contribution is 5.85. The molecular formula is C11H18O2. The molecule has 1 N–H and O–H groups in total. The van der Waals surface area contributed by atoms with Crippen molar-refractivity contribution in [2.75, 3.05) is 0 Å². The van der Waals surface area contributed by atoms with Crippen LogP contribution in [0.15, 0.2) is 12.2 Å². The van der Waals surface area contributed by atoms with Crippen molar-refractivity contribution in [2.24, 2.45) is 5.41 Å². The maximum atomic E-state index is 10.6. The second kappa shape index (κ2) is 3.95. The third-order valence-corrected chi connectivity index (χ3v) is 3.00. The molecule has 0 saturated heterocycles. The summed E-state index contributed by atoms with van der Waals surface area (Å²) >= 11 is 0. The minimum Gasteiger partial charge on any atom is -0.478 e. The van der Waals surface area contributed by atoms with Gasteiger partial charge in [-0.2, -0.15) is 0 Å². The van der Waals surface area contributed by atoms with E-state index in [2.05, 4.69) is 13.5 Å². The first-order chi connectivity index (χ1) is 6.03. The van der Waals surface area contributed by atoms with Crippen LogP contribution in [0.25, 0.3) is 0 Å². The Morgan fingerprint density at radius 3 is 2.38 bits per heavy atom. The van der Waals surface area contributed by atoms with Crippen molar-refractivity contribution < 1.29 is 9.90 Å². The lowest BCUT2D eigenvalue weighted by Gasteiger charge is -2.33. The molecule has 2 nitrogen and oxygen atoms in total. The zero-order chi connectivity index (χ0) is 9.90. The Labute approximate surface area is 79.6 Å². The monoisotopic (exact) mass is 182 g/mol. The van der Waals surface area contributed by atoms with Crippen LogP contribution in [0.5, 0.6) is 0 Å². The number of hydrogen-bond acceptors (Lipinski definition) is 1. The highest BCUT2D eigenvalue weighted by Crippen LogP contribution is 2.40. The zero-order valence-corrected chi connectivity index (χ0v) is 8.31. The number of rotatable bonds is 3. The Bertz CT molecular complexity index is 212. The van der Waals surface area contributed by atoms with E-state index in [-0.39, 0.29) is 5.41 Å². The van der Waals surface area contributed by atoms with E-state index >= 15 is 0 Å². The second-order valence-electron chi connectivity index (χ2n) is 4.46. The summed E-state index contributed by atoms with van der Waals surface area (Å²) in [7, 11) is 0. The van der Waals surface area contributed by atoms with Crippen molar-refractivity contribution in [1.82, 2.24) is 0 Å². The number of carbonyl (C=O) groups is 1. The molecule has 0 spiro atoms. The topological polar surface area (TPSA) is 37.3 Å². The van der Waals surface area contributed by atoms with E-state index in [0.29, 0.717) is 12.0 Å². The van der Waals surface area contributed by atoms with Gasteiger partial charge in [-0.25, -0.2) is 4.79 Å². The van der Waals surface area contributed by atoms with Gasteiger partial charge in [-0.1, -0.05) is 32.8 Å². The lowest BCUT2D eigenvalue weighted by atomic mass is 9.72. The maximum Gasteiger partial charge on any atom is 0.330 e. The Kier molecular flexibility index (Phi) is 3.12. The van der Waals surface area contributed by atoms with Gasteiger partial charge in [-0.3, -0.25) is 0 Å². The molecule has 0 unspecified atom stereocenters. The van der Waals surface area contributed by atoms with Gasteiger partial charge < -0.3 is 5.11 Å². The summed E-state index contributed by atoms with van der Waals surface area (Å²) in [5, 5.41) is 8.73. The predicted molar refractivity (Wildman–Crippen MR) is 52.6 cm³/mol. The molecule has 0 aromatic carbocycles. The minimum atomic E-state index is -0.841. The van der Waals surface area contributed by atoms with Crippen LogP contribution in [0.1, 0.15) is 45.4 Å². The summed E-state index contributed by atoms with van der Waals surface area (Å²) in [5.41, 5.74) is 0.567. The van der Waals surface area contributed by atoms with Gasteiger partial charge in [0.05, 0.1) is 0 Å². The fourth-order valence-corrected chi connectivity index (χ4v) is 2.17. The van der Waals surface area contributed by atoms with Gasteiger partial charge in [0.25, 0.3) is 0 Å². The van der Waals surface area contributed by atoms with E-state index in [1.165, 1.54) is 19.3 Å². The van der Waals surface area contributed by atoms with Gasteiger partial charge in [-0.05, 0) is 24.7 Å². The summed E-state index contributed by atoms with van der Waals surface area (Å²) in [6, 6.07) is 0. The summed E-state index contributed by atoms with van der Waals surface area (Å²) in [6.07, 6.45) is 6.74. The fourth-order valence-electron chi connectivity index (χ4n) is 2.17. The molecule has 1 rings (SSSR count). The smallest absolute Gasteiger partial charge is 0.330 e. The largest absolute Gasteiger partial charge is 0.478 e. The van der Waals surface area contributed by atoms with Crippen LogP contribution in [-0.4, -0.2) is 11.1 Å². The highest BCUT2D eigenvalue weighted by atomic mass is 16.4. The molecule has 1 aliphatic carbocycles. The SMILES string of the molecule is C=C(CC1(C)CCCCC1)C(=O)O. The predicted octanol–water partition coefficient (Wildman–Crippen LogP) is 2.99. The van der Waals surface area contributed by atoms with E-state index in [4.69, 9.17) is 5.11 Å². The second-order valence-corrected chi connectivity index (χ2v) is 4.46. The molecule has 0 radical (unpaired) electrons. The summed E-state index contributed by atoms with van der Waals surface area (Å²) in [6.45, 7) is 5.77. The molecule has 0 heterocycles. The summed E-state index contributed by atoms with van der Waals surface area (Å²) < 4.78 is 0. The highest BCUT2D eigenvalue weighted by Gasteiger charge is 2.28. The fraction of sp³-hybridized carbons (Fsp3) is 0.727. The Morgan fingerprint density at radius 1 is 1.38 bits per heavy atom. The standard InChI is InChI=1S/C11H18O2/c1-9(10(12)13)8-11(2)6-4-3-5-7-11/h1,3-8H2,2H3,(H,12,13). The van der Waals surface area contributed by atoms with Crippen LogP contribution >= 0.6 is 0 Å². The van der Waals surface area contributed by atoms with Crippen molar-refractivity contribution in [3.8, 4) is 0 Å². The van der Waals surface area contributed by atoms with Crippen molar-refractivity contribution in [2.45, 2.75) is 45.4 Å². The van der Waals surface area contributed by atoms with Crippen molar-refractivity contribution in [3.05, 3.63) is 12.2 Å².